The van der Waals surface area contributed by atoms with Crippen LogP contribution in [0.25, 0.3) is 11.2 Å². The molecule has 1 aliphatic rings. The lowest BCUT2D eigenvalue weighted by Gasteiger charge is -2.35. The van der Waals surface area contributed by atoms with E-state index in [-0.39, 0.29) is 11.7 Å². The summed E-state index contributed by atoms with van der Waals surface area (Å²) in [6.45, 7) is 0.676. The molecule has 1 fully saturated rings. The number of piperidine rings is 1. The van der Waals surface area contributed by atoms with Gasteiger partial charge in [-0.1, -0.05) is 0 Å². The predicted molar refractivity (Wildman–Crippen MR) is 65.9 cm³/mol. The average molecular weight is 250 g/mol. The number of hydrogen-bond acceptors (Lipinski definition) is 5. The summed E-state index contributed by atoms with van der Waals surface area (Å²) in [7, 11) is 0. The van der Waals surface area contributed by atoms with Crippen molar-refractivity contribution in [1.82, 2.24) is 19.6 Å². The number of nitrogens with one attached hydrogen (secondary N) is 2. The zero-order valence-electron chi connectivity index (χ0n) is 9.72. The lowest BCUT2D eigenvalue weighted by molar-refractivity contribution is 0.383. The van der Waals surface area contributed by atoms with E-state index in [9.17, 15) is 9.59 Å². The van der Waals surface area contributed by atoms with Crippen LogP contribution in [-0.4, -0.2) is 32.3 Å². The van der Waals surface area contributed by atoms with Crippen molar-refractivity contribution in [2.24, 2.45) is 5.73 Å². The topological polar surface area (TPSA) is 113 Å². The summed E-state index contributed by atoms with van der Waals surface area (Å²) >= 11 is 0. The van der Waals surface area contributed by atoms with Crippen LogP contribution in [0.3, 0.4) is 0 Å². The fraction of sp³-hybridized carbons (Fsp3) is 0.500. The van der Waals surface area contributed by atoms with Crippen molar-refractivity contribution in [3.8, 4) is 0 Å². The highest BCUT2D eigenvalue weighted by atomic mass is 16.2. The molecule has 0 amide bonds. The first-order valence-electron chi connectivity index (χ1n) is 5.89. The molecule has 0 saturated carbocycles. The molecule has 1 aliphatic heterocycles. The van der Waals surface area contributed by atoms with Crippen LogP contribution in [0.15, 0.2) is 15.9 Å². The van der Waals surface area contributed by atoms with Gasteiger partial charge in [0.15, 0.2) is 11.2 Å². The van der Waals surface area contributed by atoms with Crippen molar-refractivity contribution in [3.05, 3.63) is 27.2 Å². The normalized spacial score (nSPS) is 20.5. The maximum Gasteiger partial charge on any atom is 0.349 e. The smallest absolute Gasteiger partial charge is 0.339 e. The van der Waals surface area contributed by atoms with Crippen LogP contribution in [0.1, 0.15) is 19.3 Å². The average Bonchev–Trinajstić information content (AvgIpc) is 2.81. The van der Waals surface area contributed by atoms with E-state index in [4.69, 9.17) is 5.73 Å². The number of fused-ring (bicyclic) bond motifs is 1. The Hall–Kier alpha value is -2.09. The number of H-pyrrole nitrogens is 2. The van der Waals surface area contributed by atoms with Gasteiger partial charge in [0.1, 0.15) is 0 Å². The molecule has 96 valence electrons. The molecular formula is C10H14N6O2. The molecule has 0 radical (unpaired) electrons. The van der Waals surface area contributed by atoms with Gasteiger partial charge in [0.25, 0.3) is 5.56 Å². The van der Waals surface area contributed by atoms with E-state index in [2.05, 4.69) is 15.0 Å². The number of hydrogen-bond donors (Lipinski definition) is 3. The summed E-state index contributed by atoms with van der Waals surface area (Å²) in [4.78, 5) is 32.6. The zero-order valence-corrected chi connectivity index (χ0v) is 9.72. The molecule has 0 spiro atoms. The molecule has 8 nitrogen and oxygen atoms in total. The van der Waals surface area contributed by atoms with Crippen LogP contribution in [0.5, 0.6) is 0 Å². The summed E-state index contributed by atoms with van der Waals surface area (Å²) < 4.78 is 1.36. The summed E-state index contributed by atoms with van der Waals surface area (Å²) in [6.07, 6.45) is 3.98. The number of rotatable bonds is 1. The Bertz CT molecular complexity index is 683. The largest absolute Gasteiger partial charge is 0.349 e. The van der Waals surface area contributed by atoms with E-state index in [1.165, 1.54) is 11.0 Å². The summed E-state index contributed by atoms with van der Waals surface area (Å²) in [6, 6.07) is 0. The third-order valence-electron chi connectivity index (χ3n) is 3.24. The molecule has 2 aromatic heterocycles. The third-order valence-corrected chi connectivity index (χ3v) is 3.24. The van der Waals surface area contributed by atoms with Crippen molar-refractivity contribution in [2.45, 2.75) is 25.4 Å². The Morgan fingerprint density at radius 3 is 3.00 bits per heavy atom. The Morgan fingerprint density at radius 2 is 2.22 bits per heavy atom. The predicted octanol–water partition coefficient (Wildman–Crippen LogP) is -1.18. The molecule has 0 bridgehead atoms. The van der Waals surface area contributed by atoms with E-state index >= 15 is 0 Å². The second-order valence-electron chi connectivity index (χ2n) is 4.40. The maximum absolute atomic E-state index is 12.0. The van der Waals surface area contributed by atoms with Crippen molar-refractivity contribution >= 4 is 11.2 Å². The van der Waals surface area contributed by atoms with Gasteiger partial charge >= 0.3 is 5.69 Å². The molecule has 4 N–H and O–H groups in total. The standard InChI is InChI=1S/C10H14N6O2/c11-6-3-1-2-4-15(6)16-8-7(12-5-13-8)9(17)14-10(16)18/h5-6H,1-4,11H2,(H,12,13)(H,14,17,18)/t6-/m1/s1. The van der Waals surface area contributed by atoms with Crippen LogP contribution >= 0.6 is 0 Å². The Kier molecular flexibility index (Phi) is 2.44. The van der Waals surface area contributed by atoms with Gasteiger partial charge in [0, 0.05) is 6.54 Å². The molecule has 0 aromatic carbocycles. The van der Waals surface area contributed by atoms with Gasteiger partial charge in [-0.25, -0.2) is 9.78 Å². The van der Waals surface area contributed by atoms with Crippen molar-refractivity contribution in [3.63, 3.8) is 0 Å². The van der Waals surface area contributed by atoms with Gasteiger partial charge in [-0.15, -0.1) is 0 Å². The summed E-state index contributed by atoms with van der Waals surface area (Å²) in [5.41, 5.74) is 5.65. The molecule has 1 saturated heterocycles. The van der Waals surface area contributed by atoms with E-state index in [1.807, 2.05) is 0 Å². The highest BCUT2D eigenvalue weighted by Crippen LogP contribution is 2.12. The third kappa shape index (κ3) is 1.53. The number of aromatic nitrogens is 4. The van der Waals surface area contributed by atoms with E-state index in [0.29, 0.717) is 12.2 Å². The van der Waals surface area contributed by atoms with Crippen LogP contribution in [-0.2, 0) is 0 Å². The Labute approximate surface area is 101 Å². The minimum atomic E-state index is -0.503. The van der Waals surface area contributed by atoms with Crippen LogP contribution in [0.2, 0.25) is 0 Å². The minimum Gasteiger partial charge on any atom is -0.339 e. The molecule has 2 aromatic rings. The van der Waals surface area contributed by atoms with Gasteiger partial charge in [-0.2, -0.15) is 4.68 Å². The molecule has 0 aliphatic carbocycles. The van der Waals surface area contributed by atoms with E-state index < -0.39 is 11.2 Å². The summed E-state index contributed by atoms with van der Waals surface area (Å²) in [5.74, 6) is 0. The number of aromatic amines is 2. The van der Waals surface area contributed by atoms with Crippen molar-refractivity contribution in [1.29, 1.82) is 0 Å². The number of imidazole rings is 1. The zero-order chi connectivity index (χ0) is 12.7. The maximum atomic E-state index is 12.0. The fourth-order valence-electron chi connectivity index (χ4n) is 2.35. The molecule has 0 unspecified atom stereocenters. The fourth-order valence-corrected chi connectivity index (χ4v) is 2.35. The van der Waals surface area contributed by atoms with Crippen LogP contribution in [0.4, 0.5) is 0 Å². The lowest BCUT2D eigenvalue weighted by Crippen LogP contribution is -2.56. The van der Waals surface area contributed by atoms with Crippen LogP contribution < -0.4 is 22.0 Å². The first-order valence-corrected chi connectivity index (χ1v) is 5.89. The lowest BCUT2D eigenvalue weighted by atomic mass is 10.1. The second kappa shape index (κ2) is 3.98. The molecular weight excluding hydrogens is 236 g/mol. The SMILES string of the molecule is N[C@H]1CCCCN1n1c(=O)[nH]c(=O)c2[nH]cnc21. The second-order valence-corrected chi connectivity index (χ2v) is 4.40. The molecule has 18 heavy (non-hydrogen) atoms. The monoisotopic (exact) mass is 250 g/mol. The highest BCUT2D eigenvalue weighted by molar-refractivity contribution is 5.69. The number of nitrogens with zero attached hydrogens (tertiary/aromatic N) is 3. The van der Waals surface area contributed by atoms with Gasteiger partial charge in [0.05, 0.1) is 12.5 Å². The molecule has 3 heterocycles. The first kappa shape index (κ1) is 11.0. The highest BCUT2D eigenvalue weighted by Gasteiger charge is 2.23. The quantitative estimate of drug-likeness (QED) is 0.589. The Balaban J connectivity index is 2.25. The Morgan fingerprint density at radius 1 is 1.39 bits per heavy atom. The molecule has 1 atom stereocenters. The molecule has 3 rings (SSSR count). The minimum absolute atomic E-state index is 0.234. The molecule has 8 heteroatoms. The van der Waals surface area contributed by atoms with Gasteiger partial charge in [-0.05, 0) is 19.3 Å². The van der Waals surface area contributed by atoms with E-state index in [0.717, 1.165) is 19.3 Å². The summed E-state index contributed by atoms with van der Waals surface area (Å²) in [5, 5.41) is 1.75. The van der Waals surface area contributed by atoms with Gasteiger partial charge < -0.3 is 10.7 Å². The first-order chi connectivity index (χ1) is 8.68. The van der Waals surface area contributed by atoms with Gasteiger partial charge in [-0.3, -0.25) is 14.8 Å². The van der Waals surface area contributed by atoms with Crippen molar-refractivity contribution < 1.29 is 0 Å². The van der Waals surface area contributed by atoms with Crippen LogP contribution in [0, 0.1) is 0 Å². The van der Waals surface area contributed by atoms with Crippen molar-refractivity contribution in [2.75, 3.05) is 11.6 Å². The van der Waals surface area contributed by atoms with E-state index in [1.54, 1.807) is 5.01 Å². The van der Waals surface area contributed by atoms with Gasteiger partial charge in [0.2, 0.25) is 0 Å². The number of nitrogens with two attached hydrogens (primary N) is 1.